The fraction of sp³-hybridized carbons (Fsp3) is 0. The van der Waals surface area contributed by atoms with Crippen LogP contribution in [0.2, 0.25) is 0 Å². The van der Waals surface area contributed by atoms with E-state index in [4.69, 9.17) is 5.73 Å². The Kier molecular flexibility index (Phi) is 2.90. The first kappa shape index (κ1) is 13.2. The van der Waals surface area contributed by atoms with Crippen LogP contribution < -0.4 is 5.73 Å². The van der Waals surface area contributed by atoms with Gasteiger partial charge in [-0.05, 0) is 6.07 Å². The van der Waals surface area contributed by atoms with Crippen molar-refractivity contribution < 1.29 is 4.79 Å². The molecule has 0 fully saturated rings. The first-order valence-electron chi connectivity index (χ1n) is 6.98. The molecule has 0 saturated carbocycles. The fourth-order valence-electron chi connectivity index (χ4n) is 2.51. The van der Waals surface area contributed by atoms with Crippen LogP contribution >= 0.6 is 0 Å². The molecule has 0 aliphatic rings. The largest absolute Gasteiger partial charge is 0.365 e. The number of hydrogen-bond donors (Lipinski definition) is 2. The monoisotopic (exact) mass is 304 g/mol. The van der Waals surface area contributed by atoms with Crippen molar-refractivity contribution in [1.82, 2.24) is 24.8 Å². The number of hydrogen-bond acceptors (Lipinski definition) is 4. The molecule has 0 atom stereocenters. The average molecular weight is 304 g/mol. The molecule has 1 amide bonds. The molecule has 3 heterocycles. The zero-order valence-corrected chi connectivity index (χ0v) is 12.0. The molecule has 4 rings (SSSR count). The predicted molar refractivity (Wildman–Crippen MR) is 84.5 cm³/mol. The smallest absolute Gasteiger partial charge is 0.254 e. The van der Waals surface area contributed by atoms with Gasteiger partial charge in [0.2, 0.25) is 0 Å². The lowest BCUT2D eigenvalue weighted by molar-refractivity contribution is 0.100. The third kappa shape index (κ3) is 2.15. The number of aromatic amines is 1. The van der Waals surface area contributed by atoms with E-state index in [1.807, 2.05) is 36.4 Å². The molecule has 1 aromatic carbocycles. The van der Waals surface area contributed by atoms with Crippen molar-refractivity contribution in [3.05, 3.63) is 60.6 Å². The second kappa shape index (κ2) is 5.06. The van der Waals surface area contributed by atoms with E-state index in [9.17, 15) is 4.79 Å². The minimum atomic E-state index is -0.575. The molecule has 3 aromatic heterocycles. The summed E-state index contributed by atoms with van der Waals surface area (Å²) >= 11 is 0. The topological polar surface area (TPSA) is 102 Å². The van der Waals surface area contributed by atoms with Gasteiger partial charge in [0.15, 0.2) is 5.65 Å². The van der Waals surface area contributed by atoms with Crippen LogP contribution in [0.4, 0.5) is 0 Å². The maximum Gasteiger partial charge on any atom is 0.254 e. The zero-order chi connectivity index (χ0) is 15.8. The van der Waals surface area contributed by atoms with E-state index >= 15 is 0 Å². The summed E-state index contributed by atoms with van der Waals surface area (Å²) in [4.78, 5) is 16.5. The summed E-state index contributed by atoms with van der Waals surface area (Å²) in [5, 5.41) is 11.0. The molecule has 0 spiro atoms. The number of carbonyl (C=O) groups excluding carboxylic acids is 1. The number of carbonyl (C=O) groups is 1. The van der Waals surface area contributed by atoms with Gasteiger partial charge in [-0.1, -0.05) is 30.3 Å². The molecule has 0 unspecified atom stereocenters. The molecule has 23 heavy (non-hydrogen) atoms. The number of fused-ring (bicyclic) bond motifs is 1. The summed E-state index contributed by atoms with van der Waals surface area (Å²) in [5.41, 5.74) is 9.12. The fourth-order valence-corrected chi connectivity index (χ4v) is 2.51. The Hall–Kier alpha value is -3.48. The number of rotatable bonds is 3. The number of benzene rings is 1. The summed E-state index contributed by atoms with van der Waals surface area (Å²) in [6, 6.07) is 11.6. The molecule has 0 radical (unpaired) electrons. The highest BCUT2D eigenvalue weighted by Crippen LogP contribution is 2.26. The molecular weight excluding hydrogens is 292 g/mol. The van der Waals surface area contributed by atoms with E-state index in [-0.39, 0.29) is 5.56 Å². The predicted octanol–water partition coefficient (Wildman–Crippen LogP) is 1.89. The van der Waals surface area contributed by atoms with E-state index in [1.54, 1.807) is 23.1 Å². The maximum atomic E-state index is 11.9. The third-order valence-corrected chi connectivity index (χ3v) is 3.57. The van der Waals surface area contributed by atoms with Crippen LogP contribution in [0.15, 0.2) is 55.0 Å². The number of nitrogens with one attached hydrogen (secondary N) is 1. The van der Waals surface area contributed by atoms with Crippen LogP contribution in [0.25, 0.3) is 28.2 Å². The van der Waals surface area contributed by atoms with Crippen LogP contribution in [0.3, 0.4) is 0 Å². The number of nitrogens with two attached hydrogens (primary N) is 1. The summed E-state index contributed by atoms with van der Waals surface area (Å²) in [6.45, 7) is 0. The van der Waals surface area contributed by atoms with Gasteiger partial charge in [-0.2, -0.15) is 10.2 Å². The first-order chi connectivity index (χ1) is 11.2. The van der Waals surface area contributed by atoms with Crippen LogP contribution in [0, 0.1) is 0 Å². The highest BCUT2D eigenvalue weighted by atomic mass is 16.1. The third-order valence-electron chi connectivity index (χ3n) is 3.57. The molecule has 0 aliphatic heterocycles. The summed E-state index contributed by atoms with van der Waals surface area (Å²) in [5.74, 6) is -0.575. The molecular formula is C16H12N6O. The number of primary amides is 1. The van der Waals surface area contributed by atoms with E-state index in [0.717, 1.165) is 11.3 Å². The Morgan fingerprint density at radius 3 is 2.65 bits per heavy atom. The second-order valence-electron chi connectivity index (χ2n) is 5.02. The molecule has 0 bridgehead atoms. The van der Waals surface area contributed by atoms with Crippen molar-refractivity contribution in [2.24, 2.45) is 5.73 Å². The van der Waals surface area contributed by atoms with Gasteiger partial charge in [0.05, 0.1) is 11.9 Å². The highest BCUT2D eigenvalue weighted by molar-refractivity contribution is 6.04. The van der Waals surface area contributed by atoms with E-state index < -0.39 is 5.91 Å². The molecule has 0 saturated heterocycles. The van der Waals surface area contributed by atoms with E-state index in [2.05, 4.69) is 20.3 Å². The van der Waals surface area contributed by atoms with Crippen LogP contribution in [0.5, 0.6) is 0 Å². The Labute approximate surface area is 130 Å². The van der Waals surface area contributed by atoms with Gasteiger partial charge < -0.3 is 5.73 Å². The van der Waals surface area contributed by atoms with Crippen molar-refractivity contribution in [2.45, 2.75) is 0 Å². The van der Waals surface area contributed by atoms with Crippen molar-refractivity contribution in [2.75, 3.05) is 0 Å². The Morgan fingerprint density at radius 1 is 1.13 bits per heavy atom. The number of nitrogens with zero attached hydrogens (tertiary/aromatic N) is 4. The lowest BCUT2D eigenvalue weighted by Gasteiger charge is -2.01. The minimum absolute atomic E-state index is 0.282. The van der Waals surface area contributed by atoms with Crippen LogP contribution in [-0.4, -0.2) is 30.7 Å². The quantitative estimate of drug-likeness (QED) is 0.603. The summed E-state index contributed by atoms with van der Waals surface area (Å²) in [6.07, 6.45) is 5.01. The summed E-state index contributed by atoms with van der Waals surface area (Å²) in [7, 11) is 0. The van der Waals surface area contributed by atoms with Crippen molar-refractivity contribution >= 4 is 11.6 Å². The number of H-pyrrole nitrogens is 1. The van der Waals surface area contributed by atoms with Gasteiger partial charge in [-0.3, -0.25) is 9.89 Å². The zero-order valence-electron chi connectivity index (χ0n) is 12.0. The van der Waals surface area contributed by atoms with E-state index in [0.29, 0.717) is 16.9 Å². The lowest BCUT2D eigenvalue weighted by Crippen LogP contribution is -2.12. The molecule has 4 aromatic rings. The van der Waals surface area contributed by atoms with Crippen molar-refractivity contribution in [1.29, 1.82) is 0 Å². The lowest BCUT2D eigenvalue weighted by atomic mass is 10.1. The molecule has 112 valence electrons. The summed E-state index contributed by atoms with van der Waals surface area (Å²) < 4.78 is 1.55. The standard InChI is InChI=1S/C16H12N6O/c17-15(23)13-14(11-8-18-19-9-11)21-22-7-6-12(20-16(13)22)10-4-2-1-3-5-10/h1-9H,(H2,17,23)(H,18,19). The van der Waals surface area contributed by atoms with Crippen LogP contribution in [0.1, 0.15) is 10.4 Å². The van der Waals surface area contributed by atoms with Crippen molar-refractivity contribution in [3.8, 4) is 22.5 Å². The Balaban J connectivity index is 1.98. The van der Waals surface area contributed by atoms with Gasteiger partial charge in [0.25, 0.3) is 5.91 Å². The Morgan fingerprint density at radius 2 is 1.96 bits per heavy atom. The normalized spacial score (nSPS) is 11.0. The average Bonchev–Trinajstić information content (AvgIpc) is 3.22. The number of amides is 1. The number of aromatic nitrogens is 5. The maximum absolute atomic E-state index is 11.9. The van der Waals surface area contributed by atoms with Crippen LogP contribution in [-0.2, 0) is 0 Å². The first-order valence-corrected chi connectivity index (χ1v) is 6.98. The van der Waals surface area contributed by atoms with Gasteiger partial charge in [-0.15, -0.1) is 0 Å². The van der Waals surface area contributed by atoms with Gasteiger partial charge in [0.1, 0.15) is 11.3 Å². The Bertz CT molecular complexity index is 988. The van der Waals surface area contributed by atoms with Gasteiger partial charge >= 0.3 is 0 Å². The highest BCUT2D eigenvalue weighted by Gasteiger charge is 2.21. The minimum Gasteiger partial charge on any atom is -0.365 e. The molecule has 3 N–H and O–H groups in total. The van der Waals surface area contributed by atoms with E-state index in [1.165, 1.54) is 0 Å². The molecule has 7 heteroatoms. The van der Waals surface area contributed by atoms with Gasteiger partial charge in [0, 0.05) is 23.5 Å². The SMILES string of the molecule is NC(=O)c1c(-c2cn[nH]c2)nn2ccc(-c3ccccc3)nc12. The van der Waals surface area contributed by atoms with Gasteiger partial charge in [-0.25, -0.2) is 9.50 Å². The molecule has 0 aliphatic carbocycles. The molecule has 7 nitrogen and oxygen atoms in total. The van der Waals surface area contributed by atoms with Crippen molar-refractivity contribution in [3.63, 3.8) is 0 Å². The second-order valence-corrected chi connectivity index (χ2v) is 5.02.